The van der Waals surface area contributed by atoms with Gasteiger partial charge in [-0.25, -0.2) is 0 Å². The van der Waals surface area contributed by atoms with Gasteiger partial charge in [-0.3, -0.25) is 4.90 Å². The Balaban J connectivity index is 2.45. The molecule has 0 spiro atoms. The van der Waals surface area contributed by atoms with Crippen molar-refractivity contribution in [2.24, 2.45) is 0 Å². The predicted octanol–water partition coefficient (Wildman–Crippen LogP) is 2.64. The smallest absolute Gasteiger partial charge is 0.0511 e. The van der Waals surface area contributed by atoms with E-state index in [0.717, 1.165) is 12.1 Å². The van der Waals surface area contributed by atoms with E-state index in [-0.39, 0.29) is 0 Å². The quantitative estimate of drug-likeness (QED) is 0.394. The molecule has 0 bridgehead atoms. The van der Waals surface area contributed by atoms with Gasteiger partial charge in [0.25, 0.3) is 0 Å². The minimum absolute atomic E-state index is 0.820. The van der Waals surface area contributed by atoms with Gasteiger partial charge in [0, 0.05) is 12.1 Å². The molecule has 0 aromatic carbocycles. The molecule has 0 amide bonds. The molecule has 1 heterocycles. The predicted molar refractivity (Wildman–Crippen MR) is 53.5 cm³/mol. The van der Waals surface area contributed by atoms with Crippen LogP contribution in [0, 0.1) is 0 Å². The number of alkyl halides is 1. The lowest BCUT2D eigenvalue weighted by Gasteiger charge is -2.37. The summed E-state index contributed by atoms with van der Waals surface area (Å²) in [6.07, 6.45) is 4.22. The van der Waals surface area contributed by atoms with E-state index >= 15 is 0 Å². The number of rotatable bonds is 1. The fourth-order valence-electron chi connectivity index (χ4n) is 1.71. The van der Waals surface area contributed by atoms with Gasteiger partial charge in [-0.2, -0.15) is 0 Å². The number of nitrogens with zero attached hydrogens (tertiary/aromatic N) is 1. The first-order valence-electron chi connectivity index (χ1n) is 4.07. The average Bonchev–Trinajstić information content (AvgIpc) is 1.88. The Bertz CT molecular complexity index is 95.4. The second kappa shape index (κ2) is 3.90. The Hall–Kier alpha value is 0.690. The van der Waals surface area contributed by atoms with Gasteiger partial charge in [-0.15, -0.1) is 0 Å². The van der Waals surface area contributed by atoms with Gasteiger partial charge in [-0.05, 0) is 26.7 Å². The fraction of sp³-hybridized carbons (Fsp3) is 1.00. The van der Waals surface area contributed by atoms with Crippen molar-refractivity contribution in [3.05, 3.63) is 0 Å². The molecule has 0 aromatic rings. The highest BCUT2D eigenvalue weighted by Crippen LogP contribution is 2.22. The molecule has 0 aromatic heterocycles. The molecule has 0 radical (unpaired) electrons. The summed E-state index contributed by atoms with van der Waals surface area (Å²) in [4.78, 5) is 2.59. The minimum Gasteiger partial charge on any atom is -0.289 e. The molecule has 60 valence electrons. The summed E-state index contributed by atoms with van der Waals surface area (Å²) < 4.78 is 1.19. The lowest BCUT2D eigenvalue weighted by molar-refractivity contribution is 0.134. The van der Waals surface area contributed by atoms with E-state index in [1.165, 1.54) is 23.8 Å². The molecule has 0 aliphatic carbocycles. The van der Waals surface area contributed by atoms with Crippen LogP contribution in [-0.4, -0.2) is 21.5 Å². The number of likely N-dealkylation sites (tertiary alicyclic amines) is 1. The van der Waals surface area contributed by atoms with Crippen LogP contribution in [0.4, 0.5) is 0 Å². The zero-order chi connectivity index (χ0) is 7.56. The van der Waals surface area contributed by atoms with Gasteiger partial charge < -0.3 is 0 Å². The molecule has 2 unspecified atom stereocenters. The minimum atomic E-state index is 0.820. The molecule has 1 fully saturated rings. The zero-order valence-electron chi connectivity index (χ0n) is 6.81. The molecule has 2 heteroatoms. The van der Waals surface area contributed by atoms with Gasteiger partial charge in [0.15, 0.2) is 0 Å². The van der Waals surface area contributed by atoms with E-state index < -0.39 is 0 Å². The molecule has 1 aliphatic rings. The summed E-state index contributed by atoms with van der Waals surface area (Å²) in [5, 5.41) is 0. The number of hydrogen-bond acceptors (Lipinski definition) is 1. The first-order chi connectivity index (χ1) is 4.75. The van der Waals surface area contributed by atoms with Crippen molar-refractivity contribution in [2.45, 2.75) is 45.2 Å². The van der Waals surface area contributed by atoms with Crippen LogP contribution in [0.2, 0.25) is 0 Å². The Morgan fingerprint density at radius 1 is 1.30 bits per heavy atom. The van der Waals surface area contributed by atoms with Crippen molar-refractivity contribution in [2.75, 3.05) is 4.55 Å². The van der Waals surface area contributed by atoms with Gasteiger partial charge >= 0.3 is 0 Å². The number of halogens is 1. The van der Waals surface area contributed by atoms with Gasteiger partial charge in [-0.1, -0.05) is 29.0 Å². The summed E-state index contributed by atoms with van der Waals surface area (Å²) in [5.74, 6) is 0. The summed E-state index contributed by atoms with van der Waals surface area (Å²) in [7, 11) is 0. The second-order valence-corrected chi connectivity index (χ2v) is 3.94. The third kappa shape index (κ3) is 1.84. The van der Waals surface area contributed by atoms with Gasteiger partial charge in [0.05, 0.1) is 4.55 Å². The van der Waals surface area contributed by atoms with Crippen molar-refractivity contribution in [1.29, 1.82) is 0 Å². The Kier molecular flexibility index (Phi) is 3.43. The average molecular weight is 253 g/mol. The van der Waals surface area contributed by atoms with Crippen molar-refractivity contribution in [3.8, 4) is 0 Å². The maximum absolute atomic E-state index is 2.59. The fourth-order valence-corrected chi connectivity index (χ4v) is 3.06. The van der Waals surface area contributed by atoms with E-state index in [1.807, 2.05) is 0 Å². The van der Waals surface area contributed by atoms with Crippen molar-refractivity contribution in [3.63, 3.8) is 0 Å². The van der Waals surface area contributed by atoms with E-state index in [1.54, 1.807) is 0 Å². The van der Waals surface area contributed by atoms with E-state index in [9.17, 15) is 0 Å². The van der Waals surface area contributed by atoms with E-state index in [0.29, 0.717) is 0 Å². The lowest BCUT2D eigenvalue weighted by Crippen LogP contribution is -2.42. The molecule has 1 nitrogen and oxygen atoms in total. The maximum atomic E-state index is 2.59. The second-order valence-electron chi connectivity index (χ2n) is 3.26. The van der Waals surface area contributed by atoms with Crippen LogP contribution in [0.5, 0.6) is 0 Å². The van der Waals surface area contributed by atoms with Gasteiger partial charge in [0.1, 0.15) is 0 Å². The summed E-state index contributed by atoms with van der Waals surface area (Å²) >= 11 is 2.46. The van der Waals surface area contributed by atoms with Crippen LogP contribution < -0.4 is 0 Å². The summed E-state index contributed by atoms with van der Waals surface area (Å²) in [5.41, 5.74) is 0. The molecule has 2 atom stereocenters. The molecular weight excluding hydrogens is 237 g/mol. The third-order valence-electron chi connectivity index (χ3n) is 2.51. The largest absolute Gasteiger partial charge is 0.289 e. The highest BCUT2D eigenvalue weighted by atomic mass is 127. The van der Waals surface area contributed by atoms with Crippen molar-refractivity contribution < 1.29 is 0 Å². The Labute approximate surface area is 77.3 Å². The Morgan fingerprint density at radius 3 is 2.10 bits per heavy atom. The standard InChI is InChI=1S/C8H16IN/c1-7-4-3-5-8(2)10(7)6-9/h7-8H,3-6H2,1-2H3. The molecule has 1 saturated heterocycles. The molecule has 1 rings (SSSR count). The van der Waals surface area contributed by atoms with Crippen LogP contribution in [0.1, 0.15) is 33.1 Å². The maximum Gasteiger partial charge on any atom is 0.0511 e. The molecular formula is C8H16IN. The number of piperidine rings is 1. The highest BCUT2D eigenvalue weighted by molar-refractivity contribution is 14.1. The topological polar surface area (TPSA) is 3.24 Å². The van der Waals surface area contributed by atoms with Crippen LogP contribution >= 0.6 is 22.6 Å². The van der Waals surface area contributed by atoms with Gasteiger partial charge in [0.2, 0.25) is 0 Å². The third-order valence-corrected chi connectivity index (χ3v) is 3.30. The zero-order valence-corrected chi connectivity index (χ0v) is 8.97. The van der Waals surface area contributed by atoms with E-state index in [4.69, 9.17) is 0 Å². The molecule has 10 heavy (non-hydrogen) atoms. The SMILES string of the molecule is CC1CCCC(C)N1CI. The normalized spacial score (nSPS) is 36.3. The summed E-state index contributed by atoms with van der Waals surface area (Å²) in [6, 6.07) is 1.64. The number of hydrogen-bond donors (Lipinski definition) is 0. The van der Waals surface area contributed by atoms with E-state index in [2.05, 4.69) is 41.3 Å². The van der Waals surface area contributed by atoms with Crippen LogP contribution in [0.15, 0.2) is 0 Å². The van der Waals surface area contributed by atoms with Crippen molar-refractivity contribution in [1.82, 2.24) is 4.90 Å². The first-order valence-corrected chi connectivity index (χ1v) is 5.60. The van der Waals surface area contributed by atoms with Crippen molar-refractivity contribution >= 4 is 22.6 Å². The molecule has 0 N–H and O–H groups in total. The first kappa shape index (κ1) is 8.78. The highest BCUT2D eigenvalue weighted by Gasteiger charge is 2.22. The summed E-state index contributed by atoms with van der Waals surface area (Å²) in [6.45, 7) is 4.68. The molecule has 1 aliphatic heterocycles. The monoisotopic (exact) mass is 253 g/mol. The Morgan fingerprint density at radius 2 is 1.80 bits per heavy atom. The van der Waals surface area contributed by atoms with Crippen LogP contribution in [0.3, 0.4) is 0 Å². The molecule has 0 saturated carbocycles. The van der Waals surface area contributed by atoms with Crippen LogP contribution in [0.25, 0.3) is 0 Å². The lowest BCUT2D eigenvalue weighted by atomic mass is 9.99. The van der Waals surface area contributed by atoms with Crippen LogP contribution in [-0.2, 0) is 0 Å².